The van der Waals surface area contributed by atoms with Crippen LogP contribution in [-0.2, 0) is 6.42 Å². The maximum atomic E-state index is 13.7. The first-order valence-corrected chi connectivity index (χ1v) is 6.26. The summed E-state index contributed by atoms with van der Waals surface area (Å²) in [6.45, 7) is 1.93. The molecule has 2 aromatic rings. The van der Waals surface area contributed by atoms with E-state index in [-0.39, 0.29) is 11.7 Å². The Labute approximate surface area is 112 Å². The van der Waals surface area contributed by atoms with Crippen LogP contribution in [0, 0.1) is 5.82 Å². The molecule has 0 atom stereocenters. The minimum atomic E-state index is -0.185. The van der Waals surface area contributed by atoms with Crippen LogP contribution in [0.1, 0.15) is 22.8 Å². The van der Waals surface area contributed by atoms with Crippen molar-refractivity contribution < 1.29 is 9.18 Å². The Hall–Kier alpha value is -2.16. The highest BCUT2D eigenvalue weighted by atomic mass is 19.1. The van der Waals surface area contributed by atoms with Crippen LogP contribution in [0.2, 0.25) is 0 Å². The summed E-state index contributed by atoms with van der Waals surface area (Å²) < 4.78 is 13.7. The van der Waals surface area contributed by atoms with Gasteiger partial charge in [-0.05, 0) is 41.3 Å². The Morgan fingerprint density at radius 1 is 1.11 bits per heavy atom. The molecule has 0 saturated carbocycles. The Balaban J connectivity index is 2.32. The highest BCUT2D eigenvalue weighted by Crippen LogP contribution is 2.22. The van der Waals surface area contributed by atoms with Crippen molar-refractivity contribution in [3.63, 3.8) is 0 Å². The molecule has 19 heavy (non-hydrogen) atoms. The van der Waals surface area contributed by atoms with Crippen molar-refractivity contribution in [1.82, 2.24) is 5.32 Å². The first kappa shape index (κ1) is 13.3. The van der Waals surface area contributed by atoms with Gasteiger partial charge in [0.15, 0.2) is 0 Å². The van der Waals surface area contributed by atoms with Gasteiger partial charge in [0, 0.05) is 12.6 Å². The number of carbonyl (C=O) groups excluding carboxylic acids is 1. The summed E-state index contributed by atoms with van der Waals surface area (Å²) in [7, 11) is 1.59. The molecule has 1 amide bonds. The molecule has 1 N–H and O–H groups in total. The Morgan fingerprint density at radius 3 is 2.26 bits per heavy atom. The number of hydrogen-bond donors (Lipinski definition) is 1. The molecule has 0 heterocycles. The zero-order valence-corrected chi connectivity index (χ0v) is 11.0. The lowest BCUT2D eigenvalue weighted by atomic mass is 10.0. The van der Waals surface area contributed by atoms with E-state index in [1.165, 1.54) is 6.07 Å². The number of rotatable bonds is 3. The monoisotopic (exact) mass is 257 g/mol. The lowest BCUT2D eigenvalue weighted by molar-refractivity contribution is 0.0963. The van der Waals surface area contributed by atoms with E-state index in [0.29, 0.717) is 17.5 Å². The molecule has 2 nitrogen and oxygen atoms in total. The van der Waals surface area contributed by atoms with Crippen LogP contribution in [0.25, 0.3) is 11.1 Å². The molecule has 0 bridgehead atoms. The maximum Gasteiger partial charge on any atom is 0.251 e. The van der Waals surface area contributed by atoms with E-state index in [9.17, 15) is 9.18 Å². The lowest BCUT2D eigenvalue weighted by Crippen LogP contribution is -2.17. The summed E-state index contributed by atoms with van der Waals surface area (Å²) >= 11 is 0. The van der Waals surface area contributed by atoms with E-state index >= 15 is 0 Å². The van der Waals surface area contributed by atoms with Crippen LogP contribution < -0.4 is 5.32 Å². The van der Waals surface area contributed by atoms with Crippen molar-refractivity contribution in [2.24, 2.45) is 0 Å². The molecular formula is C16H16FNO. The summed E-state index contributed by atoms with van der Waals surface area (Å²) in [6.07, 6.45) is 0.682. The fourth-order valence-corrected chi connectivity index (χ4v) is 1.97. The maximum absolute atomic E-state index is 13.7. The van der Waals surface area contributed by atoms with Gasteiger partial charge in [0.25, 0.3) is 5.91 Å². The third kappa shape index (κ3) is 2.81. The highest BCUT2D eigenvalue weighted by molar-refractivity contribution is 5.94. The molecule has 0 aliphatic carbocycles. The van der Waals surface area contributed by atoms with Crippen LogP contribution in [0.4, 0.5) is 4.39 Å². The second-order valence-corrected chi connectivity index (χ2v) is 4.32. The molecular weight excluding hydrogens is 241 g/mol. The van der Waals surface area contributed by atoms with Gasteiger partial charge in [-0.25, -0.2) is 4.39 Å². The Bertz CT molecular complexity index is 590. The number of aryl methyl sites for hydroxylation is 1. The number of halogens is 1. The molecule has 98 valence electrons. The Morgan fingerprint density at radius 2 is 1.74 bits per heavy atom. The van der Waals surface area contributed by atoms with Crippen LogP contribution in [0.3, 0.4) is 0 Å². The molecule has 2 rings (SSSR count). The largest absolute Gasteiger partial charge is 0.355 e. The molecule has 0 unspecified atom stereocenters. The van der Waals surface area contributed by atoms with E-state index < -0.39 is 0 Å². The molecule has 0 fully saturated rings. The van der Waals surface area contributed by atoms with Crippen molar-refractivity contribution in [2.75, 3.05) is 7.05 Å². The third-order valence-corrected chi connectivity index (χ3v) is 3.14. The molecule has 0 radical (unpaired) electrons. The van der Waals surface area contributed by atoms with Gasteiger partial charge in [0.05, 0.1) is 0 Å². The van der Waals surface area contributed by atoms with E-state index in [4.69, 9.17) is 0 Å². The molecule has 0 aliphatic heterocycles. The van der Waals surface area contributed by atoms with Gasteiger partial charge in [0.1, 0.15) is 5.82 Å². The zero-order chi connectivity index (χ0) is 13.8. The summed E-state index contributed by atoms with van der Waals surface area (Å²) in [4.78, 5) is 11.4. The van der Waals surface area contributed by atoms with E-state index in [1.54, 1.807) is 25.2 Å². The molecule has 3 heteroatoms. The topological polar surface area (TPSA) is 29.1 Å². The normalized spacial score (nSPS) is 10.3. The number of benzene rings is 2. The van der Waals surface area contributed by atoms with Gasteiger partial charge in [-0.3, -0.25) is 4.79 Å². The first-order chi connectivity index (χ1) is 9.15. The van der Waals surface area contributed by atoms with Gasteiger partial charge in [-0.1, -0.05) is 31.2 Å². The number of hydrogen-bond acceptors (Lipinski definition) is 1. The predicted octanol–water partition coefficient (Wildman–Crippen LogP) is 3.41. The van der Waals surface area contributed by atoms with Crippen molar-refractivity contribution in [3.8, 4) is 11.1 Å². The first-order valence-electron chi connectivity index (χ1n) is 6.26. The summed E-state index contributed by atoms with van der Waals surface area (Å²) in [5.74, 6) is -0.311. The van der Waals surface area contributed by atoms with E-state index in [2.05, 4.69) is 5.32 Å². The van der Waals surface area contributed by atoms with Crippen molar-refractivity contribution in [1.29, 1.82) is 0 Å². The van der Waals surface area contributed by atoms with Crippen molar-refractivity contribution >= 4 is 5.91 Å². The molecule has 0 saturated heterocycles. The summed E-state index contributed by atoms with van der Waals surface area (Å²) in [5.41, 5.74) is 3.02. The van der Waals surface area contributed by atoms with Gasteiger partial charge >= 0.3 is 0 Å². The summed E-state index contributed by atoms with van der Waals surface area (Å²) in [6, 6.07) is 12.4. The average Bonchev–Trinajstić information content (AvgIpc) is 2.46. The lowest BCUT2D eigenvalue weighted by Gasteiger charge is -2.06. The van der Waals surface area contributed by atoms with Crippen LogP contribution >= 0.6 is 0 Å². The molecule has 2 aromatic carbocycles. The minimum Gasteiger partial charge on any atom is -0.355 e. The van der Waals surface area contributed by atoms with Gasteiger partial charge in [0.2, 0.25) is 0 Å². The van der Waals surface area contributed by atoms with Gasteiger partial charge in [-0.15, -0.1) is 0 Å². The average molecular weight is 257 g/mol. The highest BCUT2D eigenvalue weighted by Gasteiger charge is 2.06. The van der Waals surface area contributed by atoms with E-state index in [0.717, 1.165) is 11.1 Å². The van der Waals surface area contributed by atoms with Crippen LogP contribution in [0.5, 0.6) is 0 Å². The quantitative estimate of drug-likeness (QED) is 0.897. The fourth-order valence-electron chi connectivity index (χ4n) is 1.97. The fraction of sp³-hybridized carbons (Fsp3) is 0.188. The van der Waals surface area contributed by atoms with Gasteiger partial charge < -0.3 is 5.32 Å². The third-order valence-electron chi connectivity index (χ3n) is 3.14. The molecule has 0 aromatic heterocycles. The molecule has 0 spiro atoms. The predicted molar refractivity (Wildman–Crippen MR) is 74.6 cm³/mol. The second kappa shape index (κ2) is 5.65. The summed E-state index contributed by atoms with van der Waals surface area (Å²) in [5, 5.41) is 2.57. The van der Waals surface area contributed by atoms with Crippen LogP contribution in [0.15, 0.2) is 42.5 Å². The SMILES string of the molecule is CCc1ccc(-c2ccc(C(=O)NC)cc2)cc1F. The van der Waals surface area contributed by atoms with Crippen molar-refractivity contribution in [2.45, 2.75) is 13.3 Å². The number of nitrogens with one attached hydrogen (secondary N) is 1. The standard InChI is InChI=1S/C16H16FNO/c1-3-11-4-9-14(10-15(11)17)12-5-7-13(8-6-12)16(19)18-2/h4-10H,3H2,1-2H3,(H,18,19). The minimum absolute atomic E-state index is 0.126. The second-order valence-electron chi connectivity index (χ2n) is 4.32. The Kier molecular flexibility index (Phi) is 3.95. The van der Waals surface area contributed by atoms with E-state index in [1.807, 2.05) is 25.1 Å². The zero-order valence-electron chi connectivity index (χ0n) is 11.0. The van der Waals surface area contributed by atoms with Crippen molar-refractivity contribution in [3.05, 3.63) is 59.4 Å². The number of carbonyl (C=O) groups is 1. The van der Waals surface area contributed by atoms with Crippen LogP contribution in [-0.4, -0.2) is 13.0 Å². The smallest absolute Gasteiger partial charge is 0.251 e. The van der Waals surface area contributed by atoms with Gasteiger partial charge in [-0.2, -0.15) is 0 Å². The molecule has 0 aliphatic rings. The number of amides is 1.